The van der Waals surface area contributed by atoms with Gasteiger partial charge in [-0.1, -0.05) is 0 Å². The third kappa shape index (κ3) is 2.21. The van der Waals surface area contributed by atoms with Crippen LogP contribution in [0.1, 0.15) is 12.6 Å². The van der Waals surface area contributed by atoms with Crippen molar-refractivity contribution in [2.75, 3.05) is 18.5 Å². The third-order valence-electron chi connectivity index (χ3n) is 2.62. The van der Waals surface area contributed by atoms with Gasteiger partial charge in [0.25, 0.3) is 0 Å². The number of anilines is 1. The van der Waals surface area contributed by atoms with Crippen molar-refractivity contribution in [3.63, 3.8) is 0 Å². The summed E-state index contributed by atoms with van der Waals surface area (Å²) in [5.41, 5.74) is 1.93. The summed E-state index contributed by atoms with van der Waals surface area (Å²) in [4.78, 5) is 6.35. The molecule has 0 aromatic carbocycles. The van der Waals surface area contributed by atoms with Gasteiger partial charge in [0.15, 0.2) is 5.82 Å². The van der Waals surface area contributed by atoms with E-state index in [1.807, 2.05) is 42.6 Å². The maximum Gasteiger partial charge on any atom is 0.154 e. The maximum absolute atomic E-state index is 8.83. The van der Waals surface area contributed by atoms with Gasteiger partial charge in [-0.15, -0.1) is 0 Å². The molecule has 2 rings (SSSR count). The fourth-order valence-corrected chi connectivity index (χ4v) is 1.86. The lowest BCUT2D eigenvalue weighted by molar-refractivity contribution is 0.709. The van der Waals surface area contributed by atoms with Gasteiger partial charge in [-0.3, -0.25) is 0 Å². The lowest BCUT2D eigenvalue weighted by Crippen LogP contribution is -2.24. The molecule has 0 saturated heterocycles. The van der Waals surface area contributed by atoms with Crippen molar-refractivity contribution >= 4 is 11.3 Å². The Kier molecular flexibility index (Phi) is 2.96. The summed E-state index contributed by atoms with van der Waals surface area (Å²) in [5, 5.41) is 13.2. The Morgan fingerprint density at radius 1 is 1.59 bits per heavy atom. The van der Waals surface area contributed by atoms with E-state index in [0.717, 1.165) is 17.0 Å². The van der Waals surface area contributed by atoms with Gasteiger partial charge in [-0.25, -0.2) is 9.50 Å². The lowest BCUT2D eigenvalue weighted by Gasteiger charge is -2.19. The standard InChI is InChI=1S/C12H15N5/c1-9(7-13)8-16(3)12-11-6-10(2)15-17(11)5-4-14-12/h4-6,9H,8H2,1-3H3. The second-order valence-electron chi connectivity index (χ2n) is 4.28. The summed E-state index contributed by atoms with van der Waals surface area (Å²) < 4.78 is 1.81. The van der Waals surface area contributed by atoms with Crippen LogP contribution in [0.5, 0.6) is 0 Å². The number of aryl methyl sites for hydroxylation is 1. The van der Waals surface area contributed by atoms with Gasteiger partial charge in [0, 0.05) is 26.0 Å². The molecule has 0 amide bonds. The minimum Gasteiger partial charge on any atom is -0.357 e. The van der Waals surface area contributed by atoms with Crippen LogP contribution >= 0.6 is 0 Å². The Bertz CT molecular complexity index is 566. The first-order chi connectivity index (χ1) is 8.11. The van der Waals surface area contributed by atoms with Crippen LogP contribution in [-0.2, 0) is 0 Å². The van der Waals surface area contributed by atoms with Crippen LogP contribution in [0.25, 0.3) is 5.52 Å². The van der Waals surface area contributed by atoms with E-state index >= 15 is 0 Å². The first-order valence-electron chi connectivity index (χ1n) is 5.53. The Balaban J connectivity index is 2.38. The van der Waals surface area contributed by atoms with Gasteiger partial charge in [0.2, 0.25) is 0 Å². The van der Waals surface area contributed by atoms with Crippen molar-refractivity contribution < 1.29 is 0 Å². The molecule has 1 unspecified atom stereocenters. The van der Waals surface area contributed by atoms with Gasteiger partial charge in [0.05, 0.1) is 17.7 Å². The molecule has 0 N–H and O–H groups in total. The molecule has 17 heavy (non-hydrogen) atoms. The molecule has 1 atom stereocenters. The number of aromatic nitrogens is 3. The largest absolute Gasteiger partial charge is 0.357 e. The normalized spacial score (nSPS) is 12.4. The first-order valence-corrected chi connectivity index (χ1v) is 5.53. The molecule has 5 heteroatoms. The smallest absolute Gasteiger partial charge is 0.154 e. The van der Waals surface area contributed by atoms with E-state index < -0.39 is 0 Å². The van der Waals surface area contributed by atoms with Crippen LogP contribution in [0.2, 0.25) is 0 Å². The number of nitrogens with zero attached hydrogens (tertiary/aromatic N) is 5. The molecule has 5 nitrogen and oxygen atoms in total. The van der Waals surface area contributed by atoms with Crippen molar-refractivity contribution in [1.29, 1.82) is 5.26 Å². The molecule has 0 aliphatic carbocycles. The molecule has 0 aliphatic rings. The highest BCUT2D eigenvalue weighted by molar-refractivity contribution is 5.68. The highest BCUT2D eigenvalue weighted by atomic mass is 15.3. The minimum absolute atomic E-state index is 0.0222. The fraction of sp³-hybridized carbons (Fsp3) is 0.417. The predicted octanol–water partition coefficient (Wildman–Crippen LogP) is 1.63. The van der Waals surface area contributed by atoms with Crippen molar-refractivity contribution in [3.05, 3.63) is 24.2 Å². The molecule has 0 saturated carbocycles. The molecular weight excluding hydrogens is 214 g/mol. The van der Waals surface area contributed by atoms with Crippen LogP contribution in [0.4, 0.5) is 5.82 Å². The van der Waals surface area contributed by atoms with Crippen LogP contribution in [0.15, 0.2) is 18.5 Å². The van der Waals surface area contributed by atoms with Crippen LogP contribution < -0.4 is 4.90 Å². The fourth-order valence-electron chi connectivity index (χ4n) is 1.86. The van der Waals surface area contributed by atoms with E-state index in [0.29, 0.717) is 6.54 Å². The number of rotatable bonds is 3. The zero-order chi connectivity index (χ0) is 12.4. The zero-order valence-electron chi connectivity index (χ0n) is 10.3. The lowest BCUT2D eigenvalue weighted by atomic mass is 10.2. The molecule has 88 valence electrons. The maximum atomic E-state index is 8.83. The van der Waals surface area contributed by atoms with Crippen LogP contribution in [-0.4, -0.2) is 28.2 Å². The summed E-state index contributed by atoms with van der Waals surface area (Å²) in [7, 11) is 1.94. The van der Waals surface area contributed by atoms with E-state index in [1.54, 1.807) is 6.20 Å². The quantitative estimate of drug-likeness (QED) is 0.802. The molecule has 2 aromatic rings. The highest BCUT2D eigenvalue weighted by Crippen LogP contribution is 2.18. The Labute approximate surface area is 100 Å². The van der Waals surface area contributed by atoms with E-state index in [-0.39, 0.29) is 5.92 Å². The monoisotopic (exact) mass is 229 g/mol. The summed E-state index contributed by atoms with van der Waals surface area (Å²) in [5.74, 6) is 0.835. The zero-order valence-corrected chi connectivity index (χ0v) is 10.3. The molecule has 0 bridgehead atoms. The molecule has 2 heterocycles. The topological polar surface area (TPSA) is 57.2 Å². The number of hydrogen-bond acceptors (Lipinski definition) is 4. The Morgan fingerprint density at radius 3 is 3.06 bits per heavy atom. The van der Waals surface area contributed by atoms with Gasteiger partial charge in [0.1, 0.15) is 5.52 Å². The van der Waals surface area contributed by atoms with Crippen molar-refractivity contribution in [2.24, 2.45) is 5.92 Å². The van der Waals surface area contributed by atoms with Gasteiger partial charge < -0.3 is 4.90 Å². The number of fused-ring (bicyclic) bond motifs is 1. The Morgan fingerprint density at radius 2 is 2.35 bits per heavy atom. The van der Waals surface area contributed by atoms with Crippen LogP contribution in [0, 0.1) is 24.2 Å². The highest BCUT2D eigenvalue weighted by Gasteiger charge is 2.12. The molecule has 0 fully saturated rings. The molecule has 0 radical (unpaired) electrons. The van der Waals surface area contributed by atoms with Crippen LogP contribution in [0.3, 0.4) is 0 Å². The van der Waals surface area contributed by atoms with E-state index in [1.165, 1.54) is 0 Å². The second-order valence-corrected chi connectivity index (χ2v) is 4.28. The second kappa shape index (κ2) is 4.42. The first kappa shape index (κ1) is 11.4. The Hall–Kier alpha value is -2.09. The summed E-state index contributed by atoms with van der Waals surface area (Å²) in [6.45, 7) is 4.51. The number of nitriles is 1. The molecule has 2 aromatic heterocycles. The molecular formula is C12H15N5. The number of hydrogen-bond donors (Lipinski definition) is 0. The summed E-state index contributed by atoms with van der Waals surface area (Å²) >= 11 is 0. The van der Waals surface area contributed by atoms with Crippen molar-refractivity contribution in [2.45, 2.75) is 13.8 Å². The predicted molar refractivity (Wildman–Crippen MR) is 65.8 cm³/mol. The van der Waals surface area contributed by atoms with Crippen molar-refractivity contribution in [3.8, 4) is 6.07 Å². The van der Waals surface area contributed by atoms with E-state index in [9.17, 15) is 0 Å². The van der Waals surface area contributed by atoms with Crippen molar-refractivity contribution in [1.82, 2.24) is 14.6 Å². The minimum atomic E-state index is -0.0222. The van der Waals surface area contributed by atoms with E-state index in [4.69, 9.17) is 5.26 Å². The summed E-state index contributed by atoms with van der Waals surface area (Å²) in [6.07, 6.45) is 3.55. The SMILES string of the molecule is Cc1cc2c(N(C)CC(C)C#N)nccn2n1. The van der Waals surface area contributed by atoms with Gasteiger partial charge in [-0.05, 0) is 19.9 Å². The van der Waals surface area contributed by atoms with Gasteiger partial charge >= 0.3 is 0 Å². The van der Waals surface area contributed by atoms with E-state index in [2.05, 4.69) is 16.2 Å². The summed E-state index contributed by atoms with van der Waals surface area (Å²) in [6, 6.07) is 4.22. The average molecular weight is 229 g/mol. The third-order valence-corrected chi connectivity index (χ3v) is 2.62. The van der Waals surface area contributed by atoms with Gasteiger partial charge in [-0.2, -0.15) is 10.4 Å². The molecule has 0 spiro atoms. The average Bonchev–Trinajstić information content (AvgIpc) is 2.68. The molecule has 0 aliphatic heterocycles.